The molecule has 0 aromatic heterocycles. The van der Waals surface area contributed by atoms with Crippen molar-refractivity contribution in [3.05, 3.63) is 0 Å². The zero-order valence-electron chi connectivity index (χ0n) is 21.6. The van der Waals surface area contributed by atoms with E-state index in [0.29, 0.717) is 0 Å². The molecule has 0 aliphatic heterocycles. The monoisotopic (exact) mass is 745 g/mol. The molecule has 0 spiro atoms. The molecule has 0 radical (unpaired) electrons. The minimum Gasteiger partial charge on any atom is -0.344 e. The Balaban J connectivity index is -0.00000000635. The average molecular weight is 745 g/mol. The molecule has 40 heteroatoms. The van der Waals surface area contributed by atoms with Gasteiger partial charge in [0.1, 0.15) is 0 Å². The Hall–Kier alpha value is -0.0500. The van der Waals surface area contributed by atoms with Crippen LogP contribution in [0.2, 0.25) is 0 Å². The number of hydrogen-bond donors (Lipinski definition) is 30. The van der Waals surface area contributed by atoms with Crippen LogP contribution in [0.25, 0.3) is 0 Å². The largest absolute Gasteiger partial charge is 0.466 e. The molecule has 0 aliphatic carbocycles. The molecule has 0 rings (SSSR count). The van der Waals surface area contributed by atoms with Crippen molar-refractivity contribution < 1.29 is 96.2 Å². The third kappa shape index (κ3) is 20700000. The van der Waals surface area contributed by atoms with Crippen molar-refractivity contribution in [2.75, 3.05) is 0 Å². The van der Waals surface area contributed by atoms with E-state index in [9.17, 15) is 0 Å². The quantitative estimate of drug-likeness (QED) is 0.117. The van der Waals surface area contributed by atoms with Crippen molar-refractivity contribution in [3.63, 3.8) is 0 Å². The van der Waals surface area contributed by atoms with Gasteiger partial charge < -0.3 is 166 Å². The van der Waals surface area contributed by atoms with Crippen molar-refractivity contribution in [2.45, 2.75) is 0 Å². The topological polar surface area (TPSA) is 914 Å². The Morgan fingerprint density at radius 2 is 0.175 bits per heavy atom. The summed E-state index contributed by atoms with van der Waals surface area (Å²) in [5, 5.41) is 0. The second-order valence-corrected chi connectivity index (χ2v) is 7.70. The van der Waals surface area contributed by atoms with Gasteiger partial charge >= 0.3 is 39.1 Å². The van der Waals surface area contributed by atoms with Crippen LogP contribution in [-0.2, 0) is 22.8 Å². The third-order valence-corrected chi connectivity index (χ3v) is 0. The lowest BCUT2D eigenvalue weighted by molar-refractivity contribution is 0.272. The lowest BCUT2D eigenvalue weighted by Crippen LogP contribution is -1.66. The van der Waals surface area contributed by atoms with Gasteiger partial charge in [0.05, 0.1) is 0 Å². The summed E-state index contributed by atoms with van der Waals surface area (Å²) in [6.45, 7) is 0. The first-order chi connectivity index (χ1) is 10.0. The van der Waals surface area contributed by atoms with Crippen molar-refractivity contribution in [1.82, 2.24) is 92.3 Å². The predicted molar refractivity (Wildman–Crippen MR) is 147 cm³/mol. The first kappa shape index (κ1) is 152. The number of hydrogen-bond acceptors (Lipinski definition) is 20. The van der Waals surface area contributed by atoms with Gasteiger partial charge in [-0.2, -0.15) is 0 Å². The predicted octanol–water partition coefficient (Wildman–Crippen LogP) is -2.21. The summed E-state index contributed by atoms with van der Waals surface area (Å²) in [4.78, 5) is 108. The van der Waals surface area contributed by atoms with Gasteiger partial charge in [0.2, 0.25) is 0 Å². The molecule has 0 saturated heterocycles. The van der Waals surface area contributed by atoms with E-state index in [0.717, 1.165) is 0 Å². The van der Waals surface area contributed by atoms with Crippen LogP contribution < -0.4 is 92.3 Å². The van der Waals surface area contributed by atoms with Crippen LogP contribution in [0.5, 0.6) is 0 Å². The summed E-state index contributed by atoms with van der Waals surface area (Å²) in [7, 11) is -23.2. The van der Waals surface area contributed by atoms with E-state index < -0.39 is 39.1 Å². The zero-order chi connectivity index (χ0) is 22.5. The second kappa shape index (κ2) is 62.5. The van der Waals surface area contributed by atoms with E-state index in [2.05, 4.69) is 0 Å². The molecular weight excluding hydrogens is 685 g/mol. The standard InChI is InChI=1S/15H3N.5H3O4P/c;;;;;;;;;;;;;;;5*1-5(2,3)4/h15*1H3;5*(H3,1,2,3,4). The van der Waals surface area contributed by atoms with E-state index in [1.165, 1.54) is 0 Å². The van der Waals surface area contributed by atoms with Gasteiger partial charge in [-0.05, 0) is 0 Å². The van der Waals surface area contributed by atoms with E-state index in [-0.39, 0.29) is 92.3 Å². The van der Waals surface area contributed by atoms with Gasteiger partial charge in [0.25, 0.3) is 0 Å². The van der Waals surface area contributed by atoms with E-state index in [4.69, 9.17) is 96.2 Å². The van der Waals surface area contributed by atoms with Crippen molar-refractivity contribution in [2.24, 2.45) is 0 Å². The summed E-state index contributed by atoms with van der Waals surface area (Å²) in [6, 6.07) is 0. The summed E-state index contributed by atoms with van der Waals surface area (Å²) >= 11 is 0. The average Bonchev–Trinajstić information content (AvgIpc) is 1.79. The highest BCUT2D eigenvalue weighted by molar-refractivity contribution is 7.46. The Kier molecular flexibility index (Phi) is 238. The Bertz CT molecular complexity index is 403. The highest BCUT2D eigenvalue weighted by Crippen LogP contribution is 2.27. The molecule has 35 nitrogen and oxygen atoms in total. The fraction of sp³-hybridized carbons (Fsp3) is 0. The minimum atomic E-state index is -4.64. The smallest absolute Gasteiger partial charge is 0.344 e. The van der Waals surface area contributed by atoms with Gasteiger partial charge in [-0.3, -0.25) is 0 Å². The van der Waals surface area contributed by atoms with Crippen molar-refractivity contribution in [3.8, 4) is 0 Å². The van der Waals surface area contributed by atoms with E-state index in [1.807, 2.05) is 0 Å². The molecule has 40 heavy (non-hydrogen) atoms. The molecule has 0 aromatic carbocycles. The second-order valence-electron chi connectivity index (χ2n) is 2.57. The van der Waals surface area contributed by atoms with Crippen LogP contribution in [-0.4, -0.2) is 73.4 Å². The summed E-state index contributed by atoms with van der Waals surface area (Å²) < 4.78 is 44.4. The number of phosphoric acid groups is 5. The Morgan fingerprint density at radius 3 is 0.175 bits per heavy atom. The zero-order valence-corrected chi connectivity index (χ0v) is 26.1. The molecule has 0 saturated carbocycles. The first-order valence-electron chi connectivity index (χ1n) is 3.91. The summed E-state index contributed by atoms with van der Waals surface area (Å²) in [5.74, 6) is 0. The van der Waals surface area contributed by atoms with Gasteiger partial charge in [0, 0.05) is 0 Å². The summed E-state index contributed by atoms with van der Waals surface area (Å²) in [5.41, 5.74) is 0. The SMILES string of the molecule is N.N.N.N.N.N.N.N.N.N.N.N.N.N.N.O=P(O)(O)O.O=P(O)(O)O.O=P(O)(O)O.O=P(O)(O)O.O=P(O)(O)O. The van der Waals surface area contributed by atoms with Gasteiger partial charge in [-0.25, -0.2) is 22.8 Å². The molecule has 0 aromatic rings. The van der Waals surface area contributed by atoms with Crippen LogP contribution in [0, 0.1) is 0 Å². The molecule has 0 unspecified atom stereocenters. The molecule has 0 fully saturated rings. The van der Waals surface area contributed by atoms with Gasteiger partial charge in [-0.15, -0.1) is 0 Å². The fourth-order valence-electron chi connectivity index (χ4n) is 0. The fourth-order valence-corrected chi connectivity index (χ4v) is 0. The highest BCUT2D eigenvalue weighted by Gasteiger charge is 2.01. The third-order valence-electron chi connectivity index (χ3n) is 0. The molecule has 0 bridgehead atoms. The van der Waals surface area contributed by atoms with Crippen molar-refractivity contribution >= 4 is 39.1 Å². The highest BCUT2D eigenvalue weighted by atomic mass is 31.2. The molecule has 0 atom stereocenters. The molecule has 0 aliphatic rings. The Morgan fingerprint density at radius 1 is 0.175 bits per heavy atom. The van der Waals surface area contributed by atoms with Crippen LogP contribution in [0.15, 0.2) is 0 Å². The molecule has 60 N–H and O–H groups in total. The van der Waals surface area contributed by atoms with Gasteiger partial charge in [-0.1, -0.05) is 0 Å². The maximum atomic E-state index is 8.88. The summed E-state index contributed by atoms with van der Waals surface area (Å²) in [6.07, 6.45) is 0. The van der Waals surface area contributed by atoms with Crippen LogP contribution >= 0.6 is 39.1 Å². The van der Waals surface area contributed by atoms with Crippen molar-refractivity contribution in [1.29, 1.82) is 0 Å². The van der Waals surface area contributed by atoms with E-state index >= 15 is 0 Å². The minimum absolute atomic E-state index is 0. The molecule has 0 heterocycles. The first-order valence-corrected chi connectivity index (χ1v) is 11.7. The maximum absolute atomic E-state index is 8.88. The Labute approximate surface area is 228 Å². The molecule has 280 valence electrons. The van der Waals surface area contributed by atoms with E-state index in [1.54, 1.807) is 0 Å². The lowest BCUT2D eigenvalue weighted by atomic mass is 14.0. The molecule has 0 amide bonds. The van der Waals surface area contributed by atoms with Crippen LogP contribution in [0.4, 0.5) is 0 Å². The van der Waals surface area contributed by atoms with Crippen LogP contribution in [0.3, 0.4) is 0 Å². The number of rotatable bonds is 0. The molecular formula is H60N15O20P5. The lowest BCUT2D eigenvalue weighted by Gasteiger charge is -1.82. The normalized spacial score (nSPS) is 7.38. The van der Waals surface area contributed by atoms with Gasteiger partial charge in [0.15, 0.2) is 0 Å². The maximum Gasteiger partial charge on any atom is 0.466 e. The van der Waals surface area contributed by atoms with Crippen LogP contribution in [0.1, 0.15) is 0 Å².